The van der Waals surface area contributed by atoms with Crippen molar-refractivity contribution in [2.45, 2.75) is 42.9 Å². The van der Waals surface area contributed by atoms with Crippen molar-refractivity contribution in [3.63, 3.8) is 0 Å². The van der Waals surface area contributed by atoms with Gasteiger partial charge in [0.05, 0.1) is 10.1 Å². The van der Waals surface area contributed by atoms with Crippen molar-refractivity contribution in [1.29, 1.82) is 0 Å². The predicted octanol–water partition coefficient (Wildman–Crippen LogP) is 3.99. The fourth-order valence-corrected chi connectivity index (χ4v) is 5.20. The van der Waals surface area contributed by atoms with Gasteiger partial charge in [0, 0.05) is 12.6 Å². The number of benzene rings is 2. The number of aryl methyl sites for hydroxylation is 1. The maximum absolute atomic E-state index is 13.0. The van der Waals surface area contributed by atoms with Crippen molar-refractivity contribution >= 4 is 9.84 Å². The third-order valence-electron chi connectivity index (χ3n) is 5.03. The minimum Gasteiger partial charge on any atom is -0.295 e. The zero-order valence-electron chi connectivity index (χ0n) is 14.4. The summed E-state index contributed by atoms with van der Waals surface area (Å²) in [4.78, 5) is 2.75. The van der Waals surface area contributed by atoms with E-state index in [0.29, 0.717) is 11.4 Å². The summed E-state index contributed by atoms with van der Waals surface area (Å²) in [5, 5.41) is -0.319. The second-order valence-electron chi connectivity index (χ2n) is 6.70. The molecule has 2 atom stereocenters. The van der Waals surface area contributed by atoms with Crippen molar-refractivity contribution in [2.75, 3.05) is 13.1 Å². The molecular weight excluding hydrogens is 318 g/mol. The highest BCUT2D eigenvalue weighted by Gasteiger charge is 2.33. The first-order valence-corrected chi connectivity index (χ1v) is 10.1. The molecule has 24 heavy (non-hydrogen) atoms. The van der Waals surface area contributed by atoms with Crippen LogP contribution in [0, 0.1) is 6.92 Å². The van der Waals surface area contributed by atoms with Crippen LogP contribution in [-0.2, 0) is 9.84 Å². The van der Waals surface area contributed by atoms with Gasteiger partial charge < -0.3 is 0 Å². The number of nitrogens with zero attached hydrogens (tertiary/aromatic N) is 1. The number of rotatable bonds is 4. The number of sulfone groups is 1. The fourth-order valence-electron chi connectivity index (χ4n) is 3.43. The molecule has 0 bridgehead atoms. The van der Waals surface area contributed by atoms with Gasteiger partial charge in [-0.05, 0) is 50.9 Å². The van der Waals surface area contributed by atoms with Gasteiger partial charge in [0.2, 0.25) is 0 Å². The van der Waals surface area contributed by atoms with Crippen molar-refractivity contribution in [3.8, 4) is 0 Å². The van der Waals surface area contributed by atoms with Crippen molar-refractivity contribution < 1.29 is 8.42 Å². The average Bonchev–Trinajstić information content (AvgIpc) is 2.62. The van der Waals surface area contributed by atoms with E-state index in [2.05, 4.69) is 24.0 Å². The largest absolute Gasteiger partial charge is 0.295 e. The second-order valence-corrected chi connectivity index (χ2v) is 8.93. The Bertz CT molecular complexity index is 769. The quantitative estimate of drug-likeness (QED) is 0.842. The van der Waals surface area contributed by atoms with Crippen LogP contribution in [0.25, 0.3) is 0 Å². The molecular formula is C20H25NO2S. The van der Waals surface area contributed by atoms with Gasteiger partial charge in [-0.15, -0.1) is 0 Å². The Balaban J connectivity index is 1.79. The Hall–Kier alpha value is -1.65. The molecule has 1 saturated heterocycles. The van der Waals surface area contributed by atoms with Gasteiger partial charge in [-0.25, -0.2) is 8.42 Å². The lowest BCUT2D eigenvalue weighted by Gasteiger charge is -2.36. The highest BCUT2D eigenvalue weighted by Crippen LogP contribution is 2.29. The van der Waals surface area contributed by atoms with Gasteiger partial charge in [-0.2, -0.15) is 0 Å². The molecule has 0 N–H and O–H groups in total. The van der Waals surface area contributed by atoms with Crippen molar-refractivity contribution in [2.24, 2.45) is 0 Å². The molecule has 3 rings (SSSR count). The topological polar surface area (TPSA) is 37.4 Å². The monoisotopic (exact) mass is 343 g/mol. The van der Waals surface area contributed by atoms with Gasteiger partial charge in [0.15, 0.2) is 9.84 Å². The molecule has 3 nitrogen and oxygen atoms in total. The predicted molar refractivity (Wildman–Crippen MR) is 97.8 cm³/mol. The normalized spacial score (nSPS) is 20.7. The molecule has 0 saturated carbocycles. The van der Waals surface area contributed by atoms with Crippen LogP contribution in [0.3, 0.4) is 0 Å². The summed E-state index contributed by atoms with van der Waals surface area (Å²) in [5.74, 6) is 0. The lowest BCUT2D eigenvalue weighted by Crippen LogP contribution is -2.43. The number of hydrogen-bond donors (Lipinski definition) is 0. The van der Waals surface area contributed by atoms with Crippen LogP contribution in [0.5, 0.6) is 0 Å². The van der Waals surface area contributed by atoms with E-state index in [1.807, 2.05) is 37.3 Å². The van der Waals surface area contributed by atoms with Crippen LogP contribution in [0.15, 0.2) is 59.5 Å². The highest BCUT2D eigenvalue weighted by atomic mass is 32.2. The molecule has 1 heterocycles. The van der Waals surface area contributed by atoms with E-state index >= 15 is 0 Å². The minimum atomic E-state index is -3.27. The first-order valence-electron chi connectivity index (χ1n) is 8.58. The molecule has 0 radical (unpaired) electrons. The maximum Gasteiger partial charge on any atom is 0.182 e. The Morgan fingerprint density at radius 1 is 1.04 bits per heavy atom. The standard InChI is InChI=1S/C20H25NO2S/c1-16-10-12-19(13-11-16)24(22,23)20-9-6-14-21(15-20)17(2)18-7-4-3-5-8-18/h3-5,7-8,10-13,17,20H,6,9,14-15H2,1-2H3/t17-,20+/m1/s1. The van der Waals surface area contributed by atoms with Gasteiger partial charge >= 0.3 is 0 Å². The summed E-state index contributed by atoms with van der Waals surface area (Å²) in [6.07, 6.45) is 1.67. The lowest BCUT2D eigenvalue weighted by atomic mass is 10.0. The summed E-state index contributed by atoms with van der Waals surface area (Å²) in [6.45, 7) is 5.69. The van der Waals surface area contributed by atoms with E-state index in [9.17, 15) is 8.42 Å². The molecule has 1 aliphatic heterocycles. The van der Waals surface area contributed by atoms with Crippen LogP contribution in [-0.4, -0.2) is 31.7 Å². The minimum absolute atomic E-state index is 0.238. The summed E-state index contributed by atoms with van der Waals surface area (Å²) < 4.78 is 26.0. The third-order valence-corrected chi connectivity index (χ3v) is 7.22. The molecule has 0 amide bonds. The summed E-state index contributed by atoms with van der Waals surface area (Å²) >= 11 is 0. The summed E-state index contributed by atoms with van der Waals surface area (Å²) in [5.41, 5.74) is 2.32. The molecule has 0 spiro atoms. The lowest BCUT2D eigenvalue weighted by molar-refractivity contribution is 0.176. The Morgan fingerprint density at radius 3 is 2.38 bits per heavy atom. The average molecular weight is 343 g/mol. The Labute approximate surface area is 145 Å². The molecule has 128 valence electrons. The number of piperidine rings is 1. The smallest absolute Gasteiger partial charge is 0.182 e. The van der Waals surface area contributed by atoms with Crippen LogP contribution < -0.4 is 0 Å². The van der Waals surface area contributed by atoms with Crippen molar-refractivity contribution in [3.05, 3.63) is 65.7 Å². The fraction of sp³-hybridized carbons (Fsp3) is 0.400. The molecule has 1 fully saturated rings. The Morgan fingerprint density at radius 2 is 1.71 bits per heavy atom. The van der Waals surface area contributed by atoms with E-state index in [0.717, 1.165) is 24.9 Å². The van der Waals surface area contributed by atoms with Gasteiger partial charge in [0.25, 0.3) is 0 Å². The number of likely N-dealkylation sites (tertiary alicyclic amines) is 1. The van der Waals surface area contributed by atoms with Crippen LogP contribution >= 0.6 is 0 Å². The van der Waals surface area contributed by atoms with E-state index in [1.54, 1.807) is 12.1 Å². The maximum atomic E-state index is 13.0. The van der Waals surface area contributed by atoms with Crippen LogP contribution in [0.1, 0.15) is 36.9 Å². The summed E-state index contributed by atoms with van der Waals surface area (Å²) in [7, 11) is -3.27. The second kappa shape index (κ2) is 7.08. The molecule has 4 heteroatoms. The third kappa shape index (κ3) is 3.55. The van der Waals surface area contributed by atoms with E-state index in [-0.39, 0.29) is 11.3 Å². The summed E-state index contributed by atoms with van der Waals surface area (Å²) in [6, 6.07) is 17.8. The first kappa shape index (κ1) is 17.2. The van der Waals surface area contributed by atoms with Gasteiger partial charge in [0.1, 0.15) is 0 Å². The zero-order chi connectivity index (χ0) is 17.2. The van der Waals surface area contributed by atoms with Crippen molar-refractivity contribution in [1.82, 2.24) is 4.90 Å². The molecule has 2 aromatic carbocycles. The van der Waals surface area contributed by atoms with E-state index < -0.39 is 9.84 Å². The number of hydrogen-bond acceptors (Lipinski definition) is 3. The first-order chi connectivity index (χ1) is 11.5. The molecule has 1 aliphatic rings. The molecule has 0 aromatic heterocycles. The van der Waals surface area contributed by atoms with E-state index in [1.165, 1.54) is 5.56 Å². The van der Waals surface area contributed by atoms with Gasteiger partial charge in [-0.1, -0.05) is 48.0 Å². The van der Waals surface area contributed by atoms with Gasteiger partial charge in [-0.3, -0.25) is 4.90 Å². The van der Waals surface area contributed by atoms with Crippen LogP contribution in [0.4, 0.5) is 0 Å². The SMILES string of the molecule is Cc1ccc(S(=O)(=O)[C@H]2CCCN([C@H](C)c3ccccc3)C2)cc1. The molecule has 0 aliphatic carbocycles. The highest BCUT2D eigenvalue weighted by molar-refractivity contribution is 7.92. The Kier molecular flexibility index (Phi) is 5.07. The van der Waals surface area contributed by atoms with Crippen LogP contribution in [0.2, 0.25) is 0 Å². The van der Waals surface area contributed by atoms with E-state index in [4.69, 9.17) is 0 Å². The zero-order valence-corrected chi connectivity index (χ0v) is 15.2. The molecule has 2 aromatic rings. The molecule has 0 unspecified atom stereocenters.